The van der Waals surface area contributed by atoms with Crippen LogP contribution in [-0.4, -0.2) is 58.4 Å². The molecular formula is C31H53NO5. The largest absolute Gasteiger partial charge is 0.457 e. The number of carbonyl (C=O) groups is 2. The SMILES string of the molecule is CCCCN(C)C(=O)C[C@H](O)C[C@H](O)CC[C@]1(OC(=O)C(C)(C)CC)[C@@H]2CCCC=C2C=C(C)C1(C)C. The molecule has 6 heteroatoms. The van der Waals surface area contributed by atoms with E-state index in [2.05, 4.69) is 39.8 Å². The van der Waals surface area contributed by atoms with Gasteiger partial charge in [0.1, 0.15) is 5.60 Å². The lowest BCUT2D eigenvalue weighted by molar-refractivity contribution is -0.195. The van der Waals surface area contributed by atoms with E-state index in [1.807, 2.05) is 20.8 Å². The number of hydrogen-bond acceptors (Lipinski definition) is 5. The average molecular weight is 520 g/mol. The molecule has 1 amide bonds. The number of amides is 1. The van der Waals surface area contributed by atoms with Gasteiger partial charge in [0, 0.05) is 24.9 Å². The van der Waals surface area contributed by atoms with Crippen LogP contribution in [0.3, 0.4) is 0 Å². The van der Waals surface area contributed by atoms with Gasteiger partial charge in [0.2, 0.25) is 5.91 Å². The van der Waals surface area contributed by atoms with Crippen molar-refractivity contribution in [3.05, 3.63) is 23.3 Å². The van der Waals surface area contributed by atoms with Crippen molar-refractivity contribution in [2.45, 2.75) is 130 Å². The fraction of sp³-hybridized carbons (Fsp3) is 0.806. The number of esters is 1. The number of unbranched alkanes of at least 4 members (excludes halogenated alkanes) is 1. The molecule has 0 bridgehead atoms. The Balaban J connectivity index is 2.24. The first kappa shape index (κ1) is 31.6. The maximum atomic E-state index is 13.5. The predicted molar refractivity (Wildman–Crippen MR) is 149 cm³/mol. The summed E-state index contributed by atoms with van der Waals surface area (Å²) in [7, 11) is 1.76. The van der Waals surface area contributed by atoms with Crippen LogP contribution in [0.2, 0.25) is 0 Å². The zero-order chi connectivity index (χ0) is 28.0. The molecule has 0 saturated carbocycles. The number of hydrogen-bond donors (Lipinski definition) is 2. The van der Waals surface area contributed by atoms with E-state index >= 15 is 0 Å². The highest BCUT2D eigenvalue weighted by atomic mass is 16.6. The van der Waals surface area contributed by atoms with Crippen LogP contribution in [0, 0.1) is 16.7 Å². The molecule has 0 heterocycles. The van der Waals surface area contributed by atoms with Crippen LogP contribution in [0.15, 0.2) is 23.3 Å². The van der Waals surface area contributed by atoms with E-state index in [1.165, 1.54) is 11.1 Å². The summed E-state index contributed by atoms with van der Waals surface area (Å²) in [5.41, 5.74) is 0.608. The Morgan fingerprint density at radius 1 is 1.22 bits per heavy atom. The van der Waals surface area contributed by atoms with E-state index in [4.69, 9.17) is 4.74 Å². The van der Waals surface area contributed by atoms with Gasteiger partial charge in [-0.3, -0.25) is 9.59 Å². The summed E-state index contributed by atoms with van der Waals surface area (Å²) in [6.45, 7) is 15.0. The van der Waals surface area contributed by atoms with E-state index in [-0.39, 0.29) is 30.6 Å². The van der Waals surface area contributed by atoms with E-state index in [9.17, 15) is 19.8 Å². The molecule has 0 aromatic heterocycles. The van der Waals surface area contributed by atoms with Crippen molar-refractivity contribution in [2.75, 3.05) is 13.6 Å². The number of carbonyl (C=O) groups excluding carboxylic acids is 2. The number of rotatable bonds is 13. The molecular weight excluding hydrogens is 466 g/mol. The Morgan fingerprint density at radius 3 is 2.51 bits per heavy atom. The zero-order valence-corrected chi connectivity index (χ0v) is 24.7. The molecule has 0 aromatic rings. The highest BCUT2D eigenvalue weighted by Crippen LogP contribution is 2.57. The molecule has 0 radical (unpaired) electrons. The number of nitrogens with zero attached hydrogens (tertiary/aromatic N) is 1. The van der Waals surface area contributed by atoms with Crippen LogP contribution >= 0.6 is 0 Å². The van der Waals surface area contributed by atoms with Crippen molar-refractivity contribution in [1.82, 2.24) is 4.90 Å². The third kappa shape index (κ3) is 7.26. The Labute approximate surface area is 225 Å². The molecule has 0 spiro atoms. The van der Waals surface area contributed by atoms with Gasteiger partial charge in [-0.15, -0.1) is 0 Å². The van der Waals surface area contributed by atoms with Gasteiger partial charge >= 0.3 is 5.97 Å². The molecule has 2 aliphatic rings. The Bertz CT molecular complexity index is 858. The van der Waals surface area contributed by atoms with Crippen molar-refractivity contribution < 1.29 is 24.5 Å². The molecule has 6 nitrogen and oxygen atoms in total. The van der Waals surface area contributed by atoms with Gasteiger partial charge in [-0.05, 0) is 77.7 Å². The van der Waals surface area contributed by atoms with Crippen LogP contribution in [0.1, 0.15) is 113 Å². The molecule has 212 valence electrons. The number of aliphatic hydroxyl groups excluding tert-OH is 2. The molecule has 0 saturated heterocycles. The number of allylic oxidation sites excluding steroid dienone is 2. The van der Waals surface area contributed by atoms with Gasteiger partial charge in [0.25, 0.3) is 0 Å². The molecule has 2 rings (SSSR count). The summed E-state index contributed by atoms with van der Waals surface area (Å²) in [5.74, 6) is -0.230. The standard InChI is InChI=1S/C31H53NO5/c1-9-11-18-32(8)27(35)21-25(34)20-24(33)16-17-31(37-28(36)29(4,5)10-2)26-15-13-12-14-23(26)19-22(3)30(31,6)7/h14,19,24-26,33-34H,9-13,15-18,20-21H2,1-8H3/t24-,25-,26-,31+/m1/s1. The summed E-state index contributed by atoms with van der Waals surface area (Å²) in [5, 5.41) is 21.5. The van der Waals surface area contributed by atoms with Crippen molar-refractivity contribution >= 4 is 11.9 Å². The summed E-state index contributed by atoms with van der Waals surface area (Å²) in [6.07, 6.45) is 9.48. The molecule has 4 atom stereocenters. The van der Waals surface area contributed by atoms with Gasteiger partial charge < -0.3 is 19.8 Å². The van der Waals surface area contributed by atoms with E-state index in [1.54, 1.807) is 11.9 Å². The number of ether oxygens (including phenoxy) is 1. The van der Waals surface area contributed by atoms with E-state index in [0.29, 0.717) is 25.8 Å². The molecule has 2 aliphatic carbocycles. The quantitative estimate of drug-likeness (QED) is 0.293. The van der Waals surface area contributed by atoms with E-state index < -0.39 is 28.6 Å². The summed E-state index contributed by atoms with van der Waals surface area (Å²) in [6, 6.07) is 0. The predicted octanol–water partition coefficient (Wildman–Crippen LogP) is 5.96. The molecule has 0 unspecified atom stereocenters. The second-order valence-corrected chi connectivity index (χ2v) is 12.6. The van der Waals surface area contributed by atoms with Gasteiger partial charge in [-0.2, -0.15) is 0 Å². The lowest BCUT2D eigenvalue weighted by Crippen LogP contribution is -2.58. The Kier molecular flexibility index (Phi) is 11.0. The second-order valence-electron chi connectivity index (χ2n) is 12.6. The van der Waals surface area contributed by atoms with Crippen LogP contribution in [-0.2, 0) is 14.3 Å². The van der Waals surface area contributed by atoms with Crippen molar-refractivity contribution in [3.63, 3.8) is 0 Å². The second kappa shape index (κ2) is 12.9. The van der Waals surface area contributed by atoms with Gasteiger partial charge in [-0.1, -0.05) is 51.8 Å². The first-order valence-electron chi connectivity index (χ1n) is 14.4. The van der Waals surface area contributed by atoms with Crippen LogP contribution < -0.4 is 0 Å². The maximum absolute atomic E-state index is 13.5. The average Bonchev–Trinajstić information content (AvgIpc) is 2.84. The first-order valence-corrected chi connectivity index (χ1v) is 14.4. The minimum Gasteiger partial charge on any atom is -0.457 e. The summed E-state index contributed by atoms with van der Waals surface area (Å²) in [4.78, 5) is 27.6. The molecule has 2 N–H and O–H groups in total. The third-order valence-electron chi connectivity index (χ3n) is 9.26. The van der Waals surface area contributed by atoms with Crippen LogP contribution in [0.5, 0.6) is 0 Å². The monoisotopic (exact) mass is 519 g/mol. The van der Waals surface area contributed by atoms with E-state index in [0.717, 1.165) is 32.1 Å². The summed E-state index contributed by atoms with van der Waals surface area (Å²) < 4.78 is 6.62. The van der Waals surface area contributed by atoms with Crippen molar-refractivity contribution in [3.8, 4) is 0 Å². The topological polar surface area (TPSA) is 87.1 Å². The van der Waals surface area contributed by atoms with Gasteiger partial charge in [0.05, 0.1) is 24.0 Å². The van der Waals surface area contributed by atoms with Crippen molar-refractivity contribution in [2.24, 2.45) is 16.7 Å². The Morgan fingerprint density at radius 2 is 1.89 bits per heavy atom. The summed E-state index contributed by atoms with van der Waals surface area (Å²) >= 11 is 0. The fourth-order valence-electron chi connectivity index (χ4n) is 5.72. The fourth-order valence-corrected chi connectivity index (χ4v) is 5.72. The van der Waals surface area contributed by atoms with Gasteiger partial charge in [-0.25, -0.2) is 0 Å². The minimum atomic E-state index is -0.907. The smallest absolute Gasteiger partial charge is 0.312 e. The molecule has 0 aromatic carbocycles. The Hall–Kier alpha value is -1.66. The van der Waals surface area contributed by atoms with Gasteiger partial charge in [0.15, 0.2) is 0 Å². The number of fused-ring (bicyclic) bond motifs is 1. The number of aliphatic hydroxyl groups is 2. The van der Waals surface area contributed by atoms with Crippen LogP contribution in [0.4, 0.5) is 0 Å². The third-order valence-corrected chi connectivity index (χ3v) is 9.26. The molecule has 0 fully saturated rings. The highest BCUT2D eigenvalue weighted by Gasteiger charge is 2.58. The lowest BCUT2D eigenvalue weighted by atomic mass is 9.55. The molecule has 37 heavy (non-hydrogen) atoms. The highest BCUT2D eigenvalue weighted by molar-refractivity contribution is 5.77. The maximum Gasteiger partial charge on any atom is 0.312 e. The van der Waals surface area contributed by atoms with Crippen molar-refractivity contribution in [1.29, 1.82) is 0 Å². The van der Waals surface area contributed by atoms with Crippen LogP contribution in [0.25, 0.3) is 0 Å². The first-order chi connectivity index (χ1) is 17.2. The lowest BCUT2D eigenvalue weighted by Gasteiger charge is -2.56. The minimum absolute atomic E-state index is 0.00490. The molecule has 0 aliphatic heterocycles. The zero-order valence-electron chi connectivity index (χ0n) is 24.7. The normalized spacial score (nSPS) is 24.9.